The highest BCUT2D eigenvalue weighted by molar-refractivity contribution is 8.24. The van der Waals surface area contributed by atoms with E-state index < -0.39 is 29.0 Å². The number of hydrogen-bond donors (Lipinski definition) is 1. The Balaban J connectivity index is 0.000000251. The standard InChI is InChI=1S/C16H28O3.C15H23NO2.2C15H21NO2.C14H24O2.C2H3N.CH4.H2P2S/c1-5-12-6-7-15(4)8-9-16(17-10-11-18-16)14(2,3)13(15)19-12;1-6-10-7-8-15(4)9-11(16-5)12(17)14(2,3)13(15)18-10;2*1-5-11-6-7-15(4)8-10(9-16)12(17)14(2,3)13(15)18-11;1-5-10-6-8-14(4)9-7-11(15)13(2,3)12(14)16-10;1-2-3;;1-2-3/h12-13H,5-11H2,1-4H3;10,13,17H,6-9H2,1-4H3;2*8,11,13H,5-7H2,1-4H3;10,12H,5-9H2,1-4H3;1H3;1H4;1H2/p+1/t12-,13-,15-;10-,13-,15-;2*11-,13-,15-;10-,12-,14-;;;/m00100.../s1/i/hT. The largest absolute Gasteiger partial charge is 0.523 e. The SMILES string of the molecule is C.CC#N.CC[C@@H]1CC[C@]2(C)C=C(C#N)C(=O)C(C)(C)[C@H]2O1.CC[C@H]1CC[C@@]2(C)C=C(C#N)C(=O)C(C)(C)[C@@H]2O1.CC[C@H]1CC[C@@]2(C)CCC(=O)C(C)(C)[C@@H]2O1.CC[C@H]1CC[C@@]2(C)CCC3(OCCO3)C(C)(C)[C@@H]2O1.[3H][P+](P)=S.[C-]#[N+]C1=C(O)C(C)(C)[C@@H]2O[C@@H](CC)CC[C@@]2(C)C1. The molecule has 0 bridgehead atoms. The van der Waals surface area contributed by atoms with Crippen LogP contribution in [-0.2, 0) is 59.3 Å². The molecular formula is C78H127N4O11P2S+. The summed E-state index contributed by atoms with van der Waals surface area (Å²) in [6.07, 6.45) is 26.0. The van der Waals surface area contributed by atoms with Gasteiger partial charge in [0.1, 0.15) is 23.7 Å². The predicted octanol–water partition coefficient (Wildman–Crippen LogP) is 19.0. The molecule has 1 spiro atoms. The molecule has 17 atom stereocenters. The minimum Gasteiger partial charge on any atom is -0.523 e. The number of carbonyl (C=O) groups excluding carboxylic acids is 3. The highest BCUT2D eigenvalue weighted by atomic mass is 32.6. The van der Waals surface area contributed by atoms with Crippen LogP contribution >= 0.6 is 15.9 Å². The number of carbonyl (C=O) groups is 3. The van der Waals surface area contributed by atoms with Gasteiger partial charge in [-0.2, -0.15) is 15.8 Å². The number of rotatable bonds is 5. The van der Waals surface area contributed by atoms with E-state index in [4.69, 9.17) is 56.8 Å². The summed E-state index contributed by atoms with van der Waals surface area (Å²) in [6, 6.07) is 5.85. The van der Waals surface area contributed by atoms with E-state index in [1.807, 2.05) is 65.8 Å². The lowest BCUT2D eigenvalue weighted by atomic mass is 9.56. The minimum atomic E-state index is -0.870. The molecule has 11 rings (SSSR count). The predicted molar refractivity (Wildman–Crippen MR) is 390 cm³/mol. The van der Waals surface area contributed by atoms with Crippen molar-refractivity contribution in [2.24, 2.45) is 54.1 Å². The van der Waals surface area contributed by atoms with Gasteiger partial charge in [0, 0.05) is 41.4 Å². The summed E-state index contributed by atoms with van der Waals surface area (Å²) in [5.74, 6) is 0.0456. The van der Waals surface area contributed by atoms with E-state index in [0.29, 0.717) is 47.4 Å². The highest BCUT2D eigenvalue weighted by Gasteiger charge is 2.65. The third kappa shape index (κ3) is 17.4. The number of aliphatic hydroxyl groups excluding tert-OH is 1. The van der Waals surface area contributed by atoms with Gasteiger partial charge in [-0.15, -0.1) is 0 Å². The van der Waals surface area contributed by atoms with E-state index in [9.17, 15) is 19.5 Å². The number of allylic oxidation sites excluding steroid dienone is 3. The van der Waals surface area contributed by atoms with Gasteiger partial charge in [-0.05, 0) is 160 Å². The average Bonchev–Trinajstić information content (AvgIpc) is 1.72. The summed E-state index contributed by atoms with van der Waals surface area (Å²) in [5, 5.41) is 35.8. The first kappa shape index (κ1) is 83.3. The Morgan fingerprint density at radius 1 is 0.562 bits per heavy atom. The first-order valence-corrected chi connectivity index (χ1v) is 39.3. The fourth-order valence-electron chi connectivity index (χ4n) is 18.5. The molecule has 6 heterocycles. The molecule has 1 N–H and O–H groups in total. The van der Waals surface area contributed by atoms with E-state index in [0.717, 1.165) is 116 Å². The van der Waals surface area contributed by atoms with Crippen molar-refractivity contribution in [3.8, 4) is 18.2 Å². The van der Waals surface area contributed by atoms with Gasteiger partial charge in [0.05, 0.1) is 123 Å². The van der Waals surface area contributed by atoms with Gasteiger partial charge in [-0.3, -0.25) is 14.4 Å². The van der Waals surface area contributed by atoms with Gasteiger partial charge in [-0.25, -0.2) is 4.85 Å². The summed E-state index contributed by atoms with van der Waals surface area (Å²) < 4.78 is 49.7. The van der Waals surface area contributed by atoms with Crippen LogP contribution in [0.2, 0.25) is 0 Å². The van der Waals surface area contributed by atoms with Crippen LogP contribution in [0.5, 0.6) is 0 Å². The first-order valence-electron chi connectivity index (χ1n) is 36.2. The fourth-order valence-corrected chi connectivity index (χ4v) is 18.5. The quantitative estimate of drug-likeness (QED) is 0.200. The van der Waals surface area contributed by atoms with E-state index in [-0.39, 0.29) is 105 Å². The van der Waals surface area contributed by atoms with Crippen LogP contribution in [0.25, 0.3) is 4.85 Å². The number of ketones is 3. The molecule has 2 unspecified atom stereocenters. The van der Waals surface area contributed by atoms with Gasteiger partial charge in [0.25, 0.3) is 0 Å². The van der Waals surface area contributed by atoms with Crippen molar-refractivity contribution in [3.05, 3.63) is 46.2 Å². The average molecular weight is 1390 g/mol. The zero-order valence-corrected chi connectivity index (χ0v) is 65.1. The molecular weight excluding hydrogens is 1260 g/mol. The maximum absolute atomic E-state index is 12.3. The normalized spacial score (nSPS) is 38.2. The lowest BCUT2D eigenvalue weighted by Gasteiger charge is -2.60. The lowest BCUT2D eigenvalue weighted by Crippen LogP contribution is -2.64. The second-order valence-corrected chi connectivity index (χ2v) is 36.0. The van der Waals surface area contributed by atoms with E-state index >= 15 is 0 Å². The lowest BCUT2D eigenvalue weighted by molar-refractivity contribution is -0.321. The van der Waals surface area contributed by atoms with Crippen molar-refractivity contribution < 1.29 is 52.6 Å². The van der Waals surface area contributed by atoms with Crippen LogP contribution < -0.4 is 0 Å². The van der Waals surface area contributed by atoms with Crippen LogP contribution in [0.3, 0.4) is 0 Å². The number of nitriles is 3. The van der Waals surface area contributed by atoms with Gasteiger partial charge >= 0.3 is 1.28 Å². The zero-order valence-electron chi connectivity index (χ0n) is 63.2. The summed E-state index contributed by atoms with van der Waals surface area (Å²) in [4.78, 5) is 40.2. The van der Waals surface area contributed by atoms with Crippen molar-refractivity contribution in [3.63, 3.8) is 0 Å². The monoisotopic (exact) mass is 1390 g/mol. The van der Waals surface area contributed by atoms with Gasteiger partial charge in [0.2, 0.25) is 5.70 Å². The second kappa shape index (κ2) is 33.6. The summed E-state index contributed by atoms with van der Waals surface area (Å²) in [7, 11) is 2.20. The Kier molecular flexibility index (Phi) is 29.2. The number of nitrogens with zero attached hydrogens (tertiary/aromatic N) is 4. The van der Waals surface area contributed by atoms with Crippen LogP contribution in [0, 0.1) is 94.7 Å². The molecule has 15 nitrogen and oxygen atoms in total. The van der Waals surface area contributed by atoms with Gasteiger partial charge < -0.3 is 38.3 Å². The number of hydrogen-bond acceptors (Lipinski definition) is 15. The Hall–Kier alpha value is -3.34. The van der Waals surface area contributed by atoms with Crippen LogP contribution in [0.4, 0.5) is 0 Å². The Bertz CT molecular complexity index is 2970. The highest BCUT2D eigenvalue weighted by Crippen LogP contribution is 2.61. The van der Waals surface area contributed by atoms with Crippen molar-refractivity contribution in [1.29, 1.82) is 17.1 Å². The molecule has 540 valence electrons. The molecule has 96 heavy (non-hydrogen) atoms. The molecule has 5 aliphatic carbocycles. The molecule has 0 aromatic rings. The second-order valence-electron chi connectivity index (χ2n) is 33.3. The number of Topliss-reactive ketones (excluding diaryl/α,β-unsaturated/α-hetero) is 3. The van der Waals surface area contributed by atoms with Crippen molar-refractivity contribution in [1.82, 2.24) is 0 Å². The number of aliphatic hydroxyl groups is 1. The van der Waals surface area contributed by atoms with Gasteiger partial charge in [0.15, 0.2) is 36.2 Å². The molecule has 0 aromatic heterocycles. The molecule has 6 aliphatic heterocycles. The Labute approximate surface area is 591 Å². The Morgan fingerprint density at radius 2 is 0.896 bits per heavy atom. The van der Waals surface area contributed by atoms with Crippen molar-refractivity contribution in [2.45, 2.75) is 348 Å². The Morgan fingerprint density at radius 3 is 1.26 bits per heavy atom. The fraction of sp³-hybridized carbons (Fsp3) is 0.833. The minimum absolute atomic E-state index is 0. The van der Waals surface area contributed by atoms with E-state index in [1.165, 1.54) is 26.2 Å². The molecule has 6 saturated heterocycles. The van der Waals surface area contributed by atoms with E-state index in [2.05, 4.69) is 123 Å². The van der Waals surface area contributed by atoms with Crippen molar-refractivity contribution >= 4 is 45.1 Å². The third-order valence-electron chi connectivity index (χ3n) is 24.3. The van der Waals surface area contributed by atoms with Gasteiger partial charge in [-0.1, -0.05) is 130 Å². The smallest absolute Gasteiger partial charge is 0.355 e. The summed E-state index contributed by atoms with van der Waals surface area (Å²) >= 11 is 4.31. The molecule has 2 saturated carbocycles. The maximum atomic E-state index is 12.3. The number of fused-ring (bicyclic) bond motifs is 5. The van der Waals surface area contributed by atoms with Crippen LogP contribution in [0.15, 0.2) is 34.8 Å². The maximum Gasteiger partial charge on any atom is 0.355 e. The van der Waals surface area contributed by atoms with Crippen LogP contribution in [-0.4, -0.2) is 104 Å². The molecule has 8 fully saturated rings. The number of ether oxygens (including phenoxy) is 7. The molecule has 0 amide bonds. The molecule has 11 aliphatic rings. The zero-order chi connectivity index (χ0) is 72.6. The molecule has 18 heteroatoms. The van der Waals surface area contributed by atoms with E-state index in [1.54, 1.807) is 6.07 Å². The third-order valence-corrected chi connectivity index (χ3v) is 24.3. The molecule has 0 radical (unpaired) electrons. The van der Waals surface area contributed by atoms with Crippen molar-refractivity contribution in [2.75, 3.05) is 13.2 Å². The molecule has 0 aromatic carbocycles. The first-order chi connectivity index (χ1) is 44.5. The summed E-state index contributed by atoms with van der Waals surface area (Å²) in [6.45, 7) is 51.4. The van der Waals surface area contributed by atoms with Crippen LogP contribution in [0.1, 0.15) is 281 Å². The summed E-state index contributed by atoms with van der Waals surface area (Å²) in [5.41, 5.74) is -0.786. The topological polar surface area (TPSA) is 212 Å².